The fraction of sp³-hybridized carbons (Fsp3) is 0.129. The van der Waals surface area contributed by atoms with Gasteiger partial charge in [0.15, 0.2) is 4.80 Å². The number of ether oxygens (including phenoxy) is 1. The van der Waals surface area contributed by atoms with Crippen LogP contribution in [-0.4, -0.2) is 27.0 Å². The molecule has 4 heterocycles. The quantitative estimate of drug-likeness (QED) is 0.128. The van der Waals surface area contributed by atoms with Crippen LogP contribution >= 0.6 is 11.3 Å². The number of nitro benzene ring substituents is 2. The lowest BCUT2D eigenvalue weighted by Crippen LogP contribution is -2.39. The minimum Gasteiger partial charge on any atom is -0.463 e. The summed E-state index contributed by atoms with van der Waals surface area (Å²) in [5, 5.41) is 22.5. The van der Waals surface area contributed by atoms with Gasteiger partial charge in [0, 0.05) is 41.5 Å². The van der Waals surface area contributed by atoms with Gasteiger partial charge in [-0.2, -0.15) is 0 Å². The van der Waals surface area contributed by atoms with Crippen LogP contribution in [0.2, 0.25) is 0 Å². The Hall–Kier alpha value is -5.89. The Morgan fingerprint density at radius 1 is 0.978 bits per heavy atom. The monoisotopic (exact) mass is 626 g/mol. The molecule has 6 rings (SSSR count). The first-order valence-electron chi connectivity index (χ1n) is 13.5. The Morgan fingerprint density at radius 3 is 2.22 bits per heavy atom. The normalized spacial score (nSPS) is 14.6. The number of aromatic nitrogens is 1. The van der Waals surface area contributed by atoms with Gasteiger partial charge in [0.25, 0.3) is 16.9 Å². The van der Waals surface area contributed by atoms with E-state index in [1.54, 1.807) is 56.3 Å². The summed E-state index contributed by atoms with van der Waals surface area (Å²) >= 11 is 1.08. The minimum absolute atomic E-state index is 0.0851. The molecule has 2 aromatic carbocycles. The first kappa shape index (κ1) is 29.2. The molecular formula is C31H22N4O9S. The van der Waals surface area contributed by atoms with E-state index < -0.39 is 27.4 Å². The number of nitro groups is 2. The summed E-state index contributed by atoms with van der Waals surface area (Å²) in [7, 11) is 0. The van der Waals surface area contributed by atoms with Crippen molar-refractivity contribution in [3.63, 3.8) is 0 Å². The number of carbonyl (C=O) groups is 1. The molecule has 1 aliphatic heterocycles. The smallest absolute Gasteiger partial charge is 0.338 e. The molecule has 5 aromatic rings. The highest BCUT2D eigenvalue weighted by Crippen LogP contribution is 2.35. The number of rotatable bonds is 8. The van der Waals surface area contributed by atoms with Gasteiger partial charge in [-0.3, -0.25) is 29.6 Å². The third kappa shape index (κ3) is 5.49. The minimum atomic E-state index is -1.04. The Bertz CT molecular complexity index is 2220. The van der Waals surface area contributed by atoms with Crippen LogP contribution in [0.3, 0.4) is 0 Å². The number of thiazole rings is 1. The van der Waals surface area contributed by atoms with Gasteiger partial charge in [-0.1, -0.05) is 35.6 Å². The average molecular weight is 627 g/mol. The highest BCUT2D eigenvalue weighted by atomic mass is 32.1. The molecule has 13 nitrogen and oxygen atoms in total. The molecule has 1 aliphatic rings. The zero-order valence-corrected chi connectivity index (χ0v) is 24.5. The number of fused-ring (bicyclic) bond motifs is 1. The maximum Gasteiger partial charge on any atom is 0.338 e. The summed E-state index contributed by atoms with van der Waals surface area (Å²) in [4.78, 5) is 53.4. The molecule has 1 atom stereocenters. The lowest BCUT2D eigenvalue weighted by molar-refractivity contribution is -0.385. The standard InChI is InChI=1S/C31H22N4O9S/c1-3-42-30(37)27-17(2)32-31-33(28(27)25-13-12-24(44-25)19-7-5-9-21(15-19)35(40)41)29(36)26(45-31)16-22-10-11-23(43-22)18-6-4-8-20(14-18)34(38)39/h4-16,28H,3H2,1-2H3/b26-16-/t28-/m0/s1. The number of carbonyl (C=O) groups excluding carboxylic acids is 1. The molecule has 0 radical (unpaired) electrons. The molecule has 0 amide bonds. The number of esters is 1. The van der Waals surface area contributed by atoms with E-state index >= 15 is 0 Å². The fourth-order valence-electron chi connectivity index (χ4n) is 4.98. The number of benzene rings is 2. The lowest BCUT2D eigenvalue weighted by Gasteiger charge is -2.22. The summed E-state index contributed by atoms with van der Waals surface area (Å²) < 4.78 is 18.9. The zero-order chi connectivity index (χ0) is 31.8. The van der Waals surface area contributed by atoms with Gasteiger partial charge in [0.2, 0.25) is 0 Å². The highest BCUT2D eigenvalue weighted by molar-refractivity contribution is 7.07. The Balaban J connectivity index is 1.44. The average Bonchev–Trinajstić information content (AvgIpc) is 3.77. The van der Waals surface area contributed by atoms with Crippen LogP contribution in [0.5, 0.6) is 0 Å². The van der Waals surface area contributed by atoms with Crippen molar-refractivity contribution < 1.29 is 28.2 Å². The van der Waals surface area contributed by atoms with Gasteiger partial charge >= 0.3 is 5.97 Å². The number of hydrogen-bond acceptors (Lipinski definition) is 11. The van der Waals surface area contributed by atoms with E-state index in [0.717, 1.165) is 11.3 Å². The summed E-state index contributed by atoms with van der Waals surface area (Å²) in [6.45, 7) is 3.39. The summed E-state index contributed by atoms with van der Waals surface area (Å²) in [6, 6.07) is 17.4. The molecule has 0 saturated carbocycles. The predicted molar refractivity (Wildman–Crippen MR) is 162 cm³/mol. The van der Waals surface area contributed by atoms with Crippen molar-refractivity contribution >= 4 is 34.8 Å². The van der Waals surface area contributed by atoms with Crippen molar-refractivity contribution in [3.05, 3.63) is 136 Å². The van der Waals surface area contributed by atoms with E-state index in [-0.39, 0.29) is 33.8 Å². The van der Waals surface area contributed by atoms with Crippen LogP contribution in [0.4, 0.5) is 11.4 Å². The van der Waals surface area contributed by atoms with Crippen LogP contribution in [0.15, 0.2) is 103 Å². The van der Waals surface area contributed by atoms with Crippen molar-refractivity contribution in [1.29, 1.82) is 0 Å². The Kier molecular flexibility index (Phi) is 7.56. The molecule has 0 saturated heterocycles. The SMILES string of the molecule is CCOC(=O)C1=C(C)N=c2s/c(=C\c3ccc(-c4cccc([N+](=O)[O-])c4)o3)c(=O)n2[C@H]1c1ccc(-c2cccc([N+](=O)[O-])c2)o1. The van der Waals surface area contributed by atoms with E-state index in [9.17, 15) is 29.8 Å². The lowest BCUT2D eigenvalue weighted by atomic mass is 10.0. The van der Waals surface area contributed by atoms with Gasteiger partial charge in [-0.05, 0) is 38.1 Å². The number of non-ortho nitro benzene ring substituents is 2. The number of allylic oxidation sites excluding steroid dienone is 1. The van der Waals surface area contributed by atoms with Crippen LogP contribution in [0.25, 0.3) is 28.7 Å². The molecule has 0 aliphatic carbocycles. The first-order valence-corrected chi connectivity index (χ1v) is 14.3. The van der Waals surface area contributed by atoms with Gasteiger partial charge < -0.3 is 13.6 Å². The highest BCUT2D eigenvalue weighted by Gasteiger charge is 2.35. The molecule has 0 bridgehead atoms. The topological polar surface area (TPSA) is 173 Å². The third-order valence-corrected chi connectivity index (χ3v) is 7.98. The zero-order valence-electron chi connectivity index (χ0n) is 23.7. The Labute approximate surface area is 256 Å². The largest absolute Gasteiger partial charge is 0.463 e. The fourth-order valence-corrected chi connectivity index (χ4v) is 6.00. The third-order valence-electron chi connectivity index (χ3n) is 7.00. The second kappa shape index (κ2) is 11.7. The van der Waals surface area contributed by atoms with Gasteiger partial charge in [0.1, 0.15) is 29.1 Å². The molecule has 226 valence electrons. The van der Waals surface area contributed by atoms with E-state index in [4.69, 9.17) is 13.6 Å². The Morgan fingerprint density at radius 2 is 1.60 bits per heavy atom. The second-order valence-electron chi connectivity index (χ2n) is 9.82. The van der Waals surface area contributed by atoms with Gasteiger partial charge in [-0.25, -0.2) is 9.79 Å². The molecule has 0 fully saturated rings. The van der Waals surface area contributed by atoms with Crippen molar-refractivity contribution in [1.82, 2.24) is 4.57 Å². The molecular weight excluding hydrogens is 604 g/mol. The van der Waals surface area contributed by atoms with E-state index in [1.807, 2.05) is 0 Å². The van der Waals surface area contributed by atoms with Crippen LogP contribution in [-0.2, 0) is 9.53 Å². The van der Waals surface area contributed by atoms with Crippen molar-refractivity contribution in [2.45, 2.75) is 19.9 Å². The molecule has 14 heteroatoms. The van der Waals surface area contributed by atoms with Gasteiger partial charge in [0.05, 0.1) is 32.3 Å². The van der Waals surface area contributed by atoms with E-state index in [0.29, 0.717) is 38.9 Å². The van der Waals surface area contributed by atoms with Crippen molar-refractivity contribution in [2.24, 2.45) is 4.99 Å². The maximum absolute atomic E-state index is 13.9. The molecule has 45 heavy (non-hydrogen) atoms. The first-order chi connectivity index (χ1) is 21.6. The molecule has 0 N–H and O–H groups in total. The van der Waals surface area contributed by atoms with E-state index in [2.05, 4.69) is 4.99 Å². The number of furan rings is 2. The van der Waals surface area contributed by atoms with Crippen LogP contribution < -0.4 is 14.9 Å². The summed E-state index contributed by atoms with van der Waals surface area (Å²) in [6.07, 6.45) is 1.53. The maximum atomic E-state index is 13.9. The molecule has 0 spiro atoms. The number of nitrogens with zero attached hydrogens (tertiary/aromatic N) is 4. The predicted octanol–water partition coefficient (Wildman–Crippen LogP) is 5.13. The number of hydrogen-bond donors (Lipinski definition) is 0. The molecule has 0 unspecified atom stereocenters. The second-order valence-corrected chi connectivity index (χ2v) is 10.8. The van der Waals surface area contributed by atoms with Gasteiger partial charge in [-0.15, -0.1) is 0 Å². The van der Waals surface area contributed by atoms with Crippen LogP contribution in [0, 0.1) is 20.2 Å². The van der Waals surface area contributed by atoms with E-state index in [1.165, 1.54) is 41.0 Å². The summed E-state index contributed by atoms with van der Waals surface area (Å²) in [5.74, 6) is 0.565. The van der Waals surface area contributed by atoms with Crippen LogP contribution in [0.1, 0.15) is 31.4 Å². The molecule has 3 aromatic heterocycles. The summed E-state index contributed by atoms with van der Waals surface area (Å²) in [5.41, 5.74) is 0.717. The van der Waals surface area contributed by atoms with Crippen molar-refractivity contribution in [3.8, 4) is 22.6 Å². The van der Waals surface area contributed by atoms with Crippen molar-refractivity contribution in [2.75, 3.05) is 6.61 Å².